The Kier molecular flexibility index (Phi) is 4.63. The average molecular weight is 368 g/mol. The Bertz CT molecular complexity index is 587. The molecule has 2 aliphatic heterocycles. The van der Waals surface area contributed by atoms with Crippen LogP contribution >= 0.6 is 15.9 Å². The van der Waals surface area contributed by atoms with E-state index in [0.29, 0.717) is 24.0 Å². The van der Waals surface area contributed by atoms with Crippen molar-refractivity contribution < 1.29 is 14.3 Å². The van der Waals surface area contributed by atoms with Crippen LogP contribution in [-0.2, 0) is 9.59 Å². The molecular formula is C15H18BrN3O3. The number of halogens is 1. The minimum absolute atomic E-state index is 0.0174. The number of hydrogen-bond donors (Lipinski definition) is 2. The van der Waals surface area contributed by atoms with Crippen LogP contribution in [0.4, 0.5) is 5.69 Å². The minimum Gasteiger partial charge on any atom is -0.482 e. The third-order valence-electron chi connectivity index (χ3n) is 3.87. The van der Waals surface area contributed by atoms with Gasteiger partial charge in [0.15, 0.2) is 6.61 Å². The molecule has 6 nitrogen and oxygen atoms in total. The zero-order chi connectivity index (χ0) is 15.5. The molecule has 2 N–H and O–H groups in total. The maximum absolute atomic E-state index is 12.1. The van der Waals surface area contributed by atoms with E-state index < -0.39 is 0 Å². The number of ether oxygens (including phenoxy) is 1. The van der Waals surface area contributed by atoms with Crippen LogP contribution in [0.2, 0.25) is 0 Å². The van der Waals surface area contributed by atoms with Gasteiger partial charge in [0.25, 0.3) is 5.91 Å². The summed E-state index contributed by atoms with van der Waals surface area (Å²) in [7, 11) is 0. The molecule has 1 fully saturated rings. The fourth-order valence-corrected chi connectivity index (χ4v) is 3.06. The van der Waals surface area contributed by atoms with Gasteiger partial charge in [0.1, 0.15) is 12.3 Å². The Morgan fingerprint density at radius 1 is 1.50 bits per heavy atom. The highest BCUT2D eigenvalue weighted by atomic mass is 79.9. The molecule has 118 valence electrons. The van der Waals surface area contributed by atoms with Crippen LogP contribution in [0.15, 0.2) is 22.7 Å². The Morgan fingerprint density at radius 3 is 3.14 bits per heavy atom. The third-order valence-corrected chi connectivity index (χ3v) is 4.37. The number of fused-ring (bicyclic) bond motifs is 1. The van der Waals surface area contributed by atoms with Gasteiger partial charge in [0, 0.05) is 17.1 Å². The molecule has 0 saturated carbocycles. The molecule has 1 saturated heterocycles. The highest BCUT2D eigenvalue weighted by Crippen LogP contribution is 2.34. The van der Waals surface area contributed by atoms with Gasteiger partial charge in [-0.2, -0.15) is 0 Å². The summed E-state index contributed by atoms with van der Waals surface area (Å²) >= 11 is 3.37. The van der Waals surface area contributed by atoms with Gasteiger partial charge in [-0.1, -0.05) is 15.9 Å². The van der Waals surface area contributed by atoms with E-state index in [1.54, 1.807) is 12.1 Å². The van der Waals surface area contributed by atoms with Crippen LogP contribution < -0.4 is 20.3 Å². The lowest BCUT2D eigenvalue weighted by atomic mass is 10.2. The predicted octanol–water partition coefficient (Wildman–Crippen LogP) is 1.04. The number of carbonyl (C=O) groups excluding carboxylic acids is 2. The second-order valence-electron chi connectivity index (χ2n) is 5.48. The molecule has 7 heteroatoms. The van der Waals surface area contributed by atoms with Gasteiger partial charge in [-0.15, -0.1) is 0 Å². The average Bonchev–Trinajstić information content (AvgIpc) is 3.01. The summed E-state index contributed by atoms with van der Waals surface area (Å²) in [5, 5.41) is 6.21. The molecule has 1 aromatic rings. The highest BCUT2D eigenvalue weighted by Gasteiger charge is 2.27. The van der Waals surface area contributed by atoms with Crippen molar-refractivity contribution in [2.75, 3.05) is 31.1 Å². The summed E-state index contributed by atoms with van der Waals surface area (Å²) in [5.74, 6) is 0.251. The van der Waals surface area contributed by atoms with Crippen molar-refractivity contribution in [1.82, 2.24) is 10.6 Å². The quantitative estimate of drug-likeness (QED) is 0.834. The molecule has 3 rings (SSSR count). The van der Waals surface area contributed by atoms with Gasteiger partial charge in [-0.3, -0.25) is 14.5 Å². The van der Waals surface area contributed by atoms with E-state index in [1.165, 1.54) is 4.90 Å². The first kappa shape index (κ1) is 15.3. The molecule has 1 aromatic carbocycles. The summed E-state index contributed by atoms with van der Waals surface area (Å²) in [6.45, 7) is 1.58. The van der Waals surface area contributed by atoms with Crippen LogP contribution in [-0.4, -0.2) is 44.1 Å². The first-order valence-electron chi connectivity index (χ1n) is 7.36. The molecule has 0 spiro atoms. The van der Waals surface area contributed by atoms with Crippen molar-refractivity contribution in [3.05, 3.63) is 22.7 Å². The van der Waals surface area contributed by atoms with Crippen molar-refractivity contribution in [3.63, 3.8) is 0 Å². The first-order chi connectivity index (χ1) is 10.6. The van der Waals surface area contributed by atoms with Crippen LogP contribution in [0.1, 0.15) is 12.8 Å². The Hall–Kier alpha value is -1.60. The van der Waals surface area contributed by atoms with Crippen molar-refractivity contribution in [2.45, 2.75) is 18.9 Å². The van der Waals surface area contributed by atoms with E-state index in [9.17, 15) is 9.59 Å². The molecule has 0 aliphatic carbocycles. The highest BCUT2D eigenvalue weighted by molar-refractivity contribution is 9.10. The Morgan fingerprint density at radius 2 is 2.36 bits per heavy atom. The molecule has 0 aromatic heterocycles. The Balaban J connectivity index is 1.63. The van der Waals surface area contributed by atoms with Crippen LogP contribution in [0.5, 0.6) is 5.75 Å². The van der Waals surface area contributed by atoms with Crippen molar-refractivity contribution in [1.29, 1.82) is 0 Å². The SMILES string of the molecule is O=C(CN1C(=O)COc2cc(Br)ccc21)NCC1CCCN1. The first-order valence-corrected chi connectivity index (χ1v) is 8.15. The second-order valence-corrected chi connectivity index (χ2v) is 6.39. The second kappa shape index (κ2) is 6.66. The molecular weight excluding hydrogens is 350 g/mol. The summed E-state index contributed by atoms with van der Waals surface area (Å²) in [4.78, 5) is 25.6. The van der Waals surface area contributed by atoms with E-state index in [1.807, 2.05) is 6.07 Å². The van der Waals surface area contributed by atoms with E-state index in [4.69, 9.17) is 4.74 Å². The predicted molar refractivity (Wildman–Crippen MR) is 86.0 cm³/mol. The van der Waals surface area contributed by atoms with Gasteiger partial charge in [0.05, 0.1) is 5.69 Å². The number of nitrogens with zero attached hydrogens (tertiary/aromatic N) is 1. The fourth-order valence-electron chi connectivity index (χ4n) is 2.72. The lowest BCUT2D eigenvalue weighted by Crippen LogP contribution is -2.47. The maximum atomic E-state index is 12.1. The molecule has 2 amide bonds. The van der Waals surface area contributed by atoms with Crippen molar-refractivity contribution >= 4 is 33.4 Å². The molecule has 0 bridgehead atoms. The van der Waals surface area contributed by atoms with Gasteiger partial charge in [-0.05, 0) is 37.6 Å². The number of benzene rings is 1. The number of carbonyl (C=O) groups is 2. The van der Waals surface area contributed by atoms with E-state index in [2.05, 4.69) is 26.6 Å². The fraction of sp³-hybridized carbons (Fsp3) is 0.467. The maximum Gasteiger partial charge on any atom is 0.265 e. The standard InChI is InChI=1S/C15H18BrN3O3/c16-10-3-4-12-13(6-10)22-9-15(21)19(12)8-14(20)18-7-11-2-1-5-17-11/h3-4,6,11,17H,1-2,5,7-9H2,(H,18,20). The van der Waals surface area contributed by atoms with Gasteiger partial charge in [0.2, 0.25) is 5.91 Å². The number of amides is 2. The summed E-state index contributed by atoms with van der Waals surface area (Å²) in [5.41, 5.74) is 0.633. The lowest BCUT2D eigenvalue weighted by molar-refractivity contribution is -0.125. The van der Waals surface area contributed by atoms with Gasteiger partial charge >= 0.3 is 0 Å². The minimum atomic E-state index is -0.205. The summed E-state index contributed by atoms with van der Waals surface area (Å²) < 4.78 is 6.28. The topological polar surface area (TPSA) is 70.7 Å². The van der Waals surface area contributed by atoms with E-state index >= 15 is 0 Å². The summed E-state index contributed by atoms with van der Waals surface area (Å²) in [6, 6.07) is 5.75. The number of hydrogen-bond acceptors (Lipinski definition) is 4. The van der Waals surface area contributed by atoms with Crippen LogP contribution in [0.25, 0.3) is 0 Å². The molecule has 22 heavy (non-hydrogen) atoms. The van der Waals surface area contributed by atoms with E-state index in [-0.39, 0.29) is 25.0 Å². The van der Waals surface area contributed by atoms with Gasteiger partial charge < -0.3 is 15.4 Å². The number of nitrogens with one attached hydrogen (secondary N) is 2. The zero-order valence-electron chi connectivity index (χ0n) is 12.1. The number of anilines is 1. The normalized spacial score (nSPS) is 20.5. The van der Waals surface area contributed by atoms with Crippen LogP contribution in [0.3, 0.4) is 0 Å². The van der Waals surface area contributed by atoms with Gasteiger partial charge in [-0.25, -0.2) is 0 Å². The summed E-state index contributed by atoms with van der Waals surface area (Å²) in [6.07, 6.45) is 2.22. The molecule has 1 atom stereocenters. The third kappa shape index (κ3) is 3.41. The lowest BCUT2D eigenvalue weighted by Gasteiger charge is -2.29. The molecule has 1 unspecified atom stereocenters. The Labute approximate surface area is 137 Å². The molecule has 2 heterocycles. The molecule has 2 aliphatic rings. The monoisotopic (exact) mass is 367 g/mol. The smallest absolute Gasteiger partial charge is 0.265 e. The largest absolute Gasteiger partial charge is 0.482 e. The van der Waals surface area contributed by atoms with E-state index in [0.717, 1.165) is 23.9 Å². The van der Waals surface area contributed by atoms with Crippen molar-refractivity contribution in [2.24, 2.45) is 0 Å². The van der Waals surface area contributed by atoms with Crippen LogP contribution in [0, 0.1) is 0 Å². The number of rotatable bonds is 4. The van der Waals surface area contributed by atoms with Crippen molar-refractivity contribution in [3.8, 4) is 5.75 Å². The molecule has 0 radical (unpaired) electrons. The zero-order valence-corrected chi connectivity index (χ0v) is 13.7.